The van der Waals surface area contributed by atoms with Crippen LogP contribution in [0.25, 0.3) is 10.9 Å². The Bertz CT molecular complexity index is 1450. The van der Waals surface area contributed by atoms with Crippen LogP contribution >= 0.6 is 11.3 Å². The second-order valence-electron chi connectivity index (χ2n) is 7.86. The lowest BCUT2D eigenvalue weighted by Crippen LogP contribution is -2.25. The number of nitrogens with zero attached hydrogens (tertiary/aromatic N) is 5. The summed E-state index contributed by atoms with van der Waals surface area (Å²) in [6.45, 7) is 7.54. The Hall–Kier alpha value is -3.92. The molecule has 0 atom stereocenters. The van der Waals surface area contributed by atoms with Crippen LogP contribution in [-0.4, -0.2) is 25.4 Å². The fourth-order valence-electron chi connectivity index (χ4n) is 3.93. The Morgan fingerprint density at radius 3 is 2.52 bits per heavy atom. The second kappa shape index (κ2) is 8.55. The van der Waals surface area contributed by atoms with E-state index in [4.69, 9.17) is 0 Å². The van der Waals surface area contributed by atoms with Crippen molar-refractivity contribution >= 4 is 44.7 Å². The van der Waals surface area contributed by atoms with Crippen molar-refractivity contribution in [1.29, 1.82) is 0 Å². The third-order valence-electron chi connectivity index (χ3n) is 5.26. The molecule has 33 heavy (non-hydrogen) atoms. The Labute approximate surface area is 193 Å². The molecular formula is C23H21N5O4S. The average Bonchev–Trinajstić information content (AvgIpc) is 3.20. The number of benzene rings is 2. The summed E-state index contributed by atoms with van der Waals surface area (Å²) in [5.41, 5.74) is 4.24. The summed E-state index contributed by atoms with van der Waals surface area (Å²) in [5, 5.41) is 13.5. The maximum atomic E-state index is 12.9. The lowest BCUT2D eigenvalue weighted by molar-refractivity contribution is -0.384. The minimum atomic E-state index is -0.547. The first-order valence-corrected chi connectivity index (χ1v) is 11.0. The van der Waals surface area contributed by atoms with Crippen LogP contribution in [0, 0.1) is 30.9 Å². The van der Waals surface area contributed by atoms with Crippen LogP contribution in [0.4, 0.5) is 16.5 Å². The smallest absolute Gasteiger partial charge is 0.270 e. The van der Waals surface area contributed by atoms with Gasteiger partial charge in [0.05, 0.1) is 40.1 Å². The third-order valence-corrected chi connectivity index (χ3v) is 6.13. The molecule has 0 aliphatic carbocycles. The van der Waals surface area contributed by atoms with E-state index >= 15 is 0 Å². The van der Waals surface area contributed by atoms with Crippen LogP contribution in [-0.2, 0) is 11.3 Å². The quantitative estimate of drug-likeness (QED) is 0.320. The number of rotatable bonds is 5. The number of hydrogen-bond donors (Lipinski definition) is 0. The number of amides is 1. The van der Waals surface area contributed by atoms with Gasteiger partial charge in [-0.25, -0.2) is 9.97 Å². The van der Waals surface area contributed by atoms with Crippen LogP contribution in [0.2, 0.25) is 0 Å². The molecule has 10 heteroatoms. The van der Waals surface area contributed by atoms with Gasteiger partial charge in [0.15, 0.2) is 5.13 Å². The van der Waals surface area contributed by atoms with E-state index in [0.29, 0.717) is 16.3 Å². The molecule has 9 nitrogen and oxygen atoms in total. The molecule has 0 spiro atoms. The highest BCUT2D eigenvalue weighted by Crippen LogP contribution is 2.34. The van der Waals surface area contributed by atoms with Crippen LogP contribution in [0.1, 0.15) is 29.3 Å². The lowest BCUT2D eigenvalue weighted by atomic mass is 10.0. The largest absolute Gasteiger partial charge is 0.293 e. The molecule has 4 rings (SSSR count). The molecule has 2 aromatic heterocycles. The number of aromatic nitrogens is 3. The number of nitro groups is 1. The zero-order valence-electron chi connectivity index (χ0n) is 18.5. The number of hydrogen-bond acceptors (Lipinski definition) is 7. The van der Waals surface area contributed by atoms with E-state index in [9.17, 15) is 19.7 Å². The molecule has 0 saturated heterocycles. The summed E-state index contributed by atoms with van der Waals surface area (Å²) in [6, 6.07) is 8.04. The van der Waals surface area contributed by atoms with Crippen LogP contribution < -0.4 is 10.5 Å². The lowest BCUT2D eigenvalue weighted by Gasteiger charge is -2.23. The van der Waals surface area contributed by atoms with Gasteiger partial charge >= 0.3 is 0 Å². The number of carbonyl (C=O) groups is 1. The van der Waals surface area contributed by atoms with Crippen molar-refractivity contribution in [3.8, 4) is 0 Å². The monoisotopic (exact) mass is 463 g/mol. The molecule has 0 bridgehead atoms. The average molecular weight is 464 g/mol. The number of nitro benzene ring substituents is 1. The molecule has 0 saturated carbocycles. The number of non-ortho nitro benzene ring substituents is 1. The van der Waals surface area contributed by atoms with Crippen molar-refractivity contribution < 1.29 is 9.72 Å². The number of thiazole rings is 1. The van der Waals surface area contributed by atoms with E-state index in [0.717, 1.165) is 22.4 Å². The van der Waals surface area contributed by atoms with E-state index in [1.165, 1.54) is 47.4 Å². The number of fused-ring (bicyclic) bond motifs is 1. The van der Waals surface area contributed by atoms with E-state index in [1.54, 1.807) is 10.3 Å². The summed E-state index contributed by atoms with van der Waals surface area (Å²) < 4.78 is 1.35. The van der Waals surface area contributed by atoms with Crippen LogP contribution in [0.15, 0.2) is 46.8 Å². The first kappa shape index (κ1) is 22.3. The summed E-state index contributed by atoms with van der Waals surface area (Å²) in [4.78, 5) is 46.4. The predicted molar refractivity (Wildman–Crippen MR) is 127 cm³/mol. The van der Waals surface area contributed by atoms with Gasteiger partial charge in [0, 0.05) is 24.4 Å². The summed E-state index contributed by atoms with van der Waals surface area (Å²) in [7, 11) is 0. The molecular weight excluding hydrogens is 442 g/mol. The van der Waals surface area contributed by atoms with Crippen molar-refractivity contribution in [3.05, 3.63) is 84.9 Å². The number of carbonyl (C=O) groups excluding carboxylic acids is 1. The van der Waals surface area contributed by atoms with Gasteiger partial charge in [0.2, 0.25) is 5.91 Å². The van der Waals surface area contributed by atoms with Crippen molar-refractivity contribution in [3.63, 3.8) is 0 Å². The summed E-state index contributed by atoms with van der Waals surface area (Å²) >= 11 is 1.31. The maximum absolute atomic E-state index is 12.9. The Morgan fingerprint density at radius 2 is 1.88 bits per heavy atom. The molecule has 0 N–H and O–H groups in total. The molecule has 1 amide bonds. The van der Waals surface area contributed by atoms with E-state index in [-0.39, 0.29) is 23.5 Å². The molecule has 168 valence electrons. The molecule has 0 unspecified atom stereocenters. The van der Waals surface area contributed by atoms with Gasteiger partial charge in [-0.2, -0.15) is 0 Å². The minimum Gasteiger partial charge on any atom is -0.293 e. The molecule has 0 radical (unpaired) electrons. The van der Waals surface area contributed by atoms with Crippen LogP contribution in [0.5, 0.6) is 0 Å². The van der Waals surface area contributed by atoms with Crippen molar-refractivity contribution in [2.24, 2.45) is 0 Å². The zero-order valence-corrected chi connectivity index (χ0v) is 19.3. The van der Waals surface area contributed by atoms with Crippen molar-refractivity contribution in [2.75, 3.05) is 4.90 Å². The van der Waals surface area contributed by atoms with Gasteiger partial charge in [0.1, 0.15) is 0 Å². The molecule has 0 fully saturated rings. The topological polar surface area (TPSA) is 111 Å². The molecule has 4 aromatic rings. The fourth-order valence-corrected chi connectivity index (χ4v) is 4.80. The highest BCUT2D eigenvalue weighted by atomic mass is 32.1. The second-order valence-corrected chi connectivity index (χ2v) is 8.70. The molecule has 0 aliphatic heterocycles. The standard InChI is InChI=1S/C23H21N5O4S/c1-13-7-14(2)21(15(3)8-13)27(16(4)29)23-25-17(11-33-23)10-26-12-24-20-6-5-18(28(31)32)9-19(20)22(26)30/h5-9,11-12H,10H2,1-4H3. The van der Waals surface area contributed by atoms with Gasteiger partial charge < -0.3 is 0 Å². The Morgan fingerprint density at radius 1 is 1.18 bits per heavy atom. The highest BCUT2D eigenvalue weighted by molar-refractivity contribution is 7.14. The SMILES string of the molecule is CC(=O)N(c1nc(Cn2cnc3ccc([N+](=O)[O-])cc3c2=O)cs1)c1c(C)cc(C)cc1C. The fraction of sp³-hybridized carbons (Fsp3) is 0.217. The molecule has 2 heterocycles. The summed E-state index contributed by atoms with van der Waals surface area (Å²) in [6.07, 6.45) is 1.40. The van der Waals surface area contributed by atoms with Crippen LogP contribution in [0.3, 0.4) is 0 Å². The Kier molecular flexibility index (Phi) is 5.77. The normalized spacial score (nSPS) is 11.0. The molecule has 2 aromatic carbocycles. The zero-order chi connectivity index (χ0) is 23.9. The molecule has 0 aliphatic rings. The van der Waals surface area contributed by atoms with Gasteiger partial charge in [-0.05, 0) is 38.0 Å². The van der Waals surface area contributed by atoms with E-state index in [1.807, 2.05) is 32.9 Å². The first-order valence-electron chi connectivity index (χ1n) is 10.1. The summed E-state index contributed by atoms with van der Waals surface area (Å²) in [5.74, 6) is -0.164. The third kappa shape index (κ3) is 4.24. The van der Waals surface area contributed by atoms with Crippen molar-refractivity contribution in [1.82, 2.24) is 14.5 Å². The van der Waals surface area contributed by atoms with Crippen molar-refractivity contribution in [2.45, 2.75) is 34.2 Å². The number of anilines is 2. The van der Waals surface area contributed by atoms with Gasteiger partial charge in [-0.1, -0.05) is 17.7 Å². The van der Waals surface area contributed by atoms with Gasteiger partial charge in [-0.15, -0.1) is 11.3 Å². The highest BCUT2D eigenvalue weighted by Gasteiger charge is 2.22. The van der Waals surface area contributed by atoms with E-state index < -0.39 is 10.5 Å². The minimum absolute atomic E-state index is 0.124. The Balaban J connectivity index is 1.71. The van der Waals surface area contributed by atoms with E-state index in [2.05, 4.69) is 9.97 Å². The predicted octanol–water partition coefficient (Wildman–Crippen LogP) is 4.42. The van der Waals surface area contributed by atoms with Gasteiger partial charge in [-0.3, -0.25) is 29.2 Å². The van der Waals surface area contributed by atoms with Gasteiger partial charge in [0.25, 0.3) is 11.2 Å². The first-order chi connectivity index (χ1) is 15.7. The number of aryl methyl sites for hydroxylation is 3. The maximum Gasteiger partial charge on any atom is 0.270 e.